The van der Waals surface area contributed by atoms with Gasteiger partial charge in [-0.05, 0) is 90.9 Å². The Bertz CT molecular complexity index is 1720. The first kappa shape index (κ1) is 27.3. The summed E-state index contributed by atoms with van der Waals surface area (Å²) in [6.07, 6.45) is 1.14. The summed E-state index contributed by atoms with van der Waals surface area (Å²) in [6.45, 7) is 8.28. The molecule has 214 valence electrons. The van der Waals surface area contributed by atoms with Gasteiger partial charge in [-0.1, -0.05) is 38.1 Å². The number of aryl methyl sites for hydroxylation is 2. The topological polar surface area (TPSA) is 97.3 Å². The van der Waals surface area contributed by atoms with E-state index in [1.165, 1.54) is 0 Å². The van der Waals surface area contributed by atoms with E-state index in [-0.39, 0.29) is 23.1 Å². The Morgan fingerprint density at radius 3 is 2.43 bits per heavy atom. The molecule has 1 atom stereocenters. The summed E-state index contributed by atoms with van der Waals surface area (Å²) < 4.78 is 7.19. The lowest BCUT2D eigenvalue weighted by molar-refractivity contribution is -0.119. The number of amides is 1. The third kappa shape index (κ3) is 5.04. The smallest absolute Gasteiger partial charge is 0.263 e. The number of carbonyl (C=O) groups is 2. The zero-order valence-electron chi connectivity index (χ0n) is 24.5. The minimum Gasteiger partial charge on any atom is -0.497 e. The molecule has 1 saturated carbocycles. The van der Waals surface area contributed by atoms with Gasteiger partial charge in [-0.2, -0.15) is 5.10 Å². The Labute approximate surface area is 245 Å². The van der Waals surface area contributed by atoms with E-state index >= 15 is 0 Å². The van der Waals surface area contributed by atoms with E-state index in [1.807, 2.05) is 91.3 Å². The van der Waals surface area contributed by atoms with Gasteiger partial charge in [-0.15, -0.1) is 0 Å². The lowest BCUT2D eigenvalue weighted by atomic mass is 9.71. The molecule has 1 aliphatic carbocycles. The number of rotatable bonds is 6. The fraction of sp³-hybridized carbons (Fsp3) is 0.265. The zero-order chi connectivity index (χ0) is 29.6. The van der Waals surface area contributed by atoms with E-state index < -0.39 is 0 Å². The SMILES string of the molecule is COc1ccc(C2=C3C(=O)CC(C)(C)CC3n3nc(Nc4ccccc4)c(C(=O)Nc4ccc(C)c(C)c4)c3N2)cc1. The number of ether oxygens (including phenoxy) is 1. The van der Waals surface area contributed by atoms with Crippen LogP contribution in [0.25, 0.3) is 5.70 Å². The van der Waals surface area contributed by atoms with Gasteiger partial charge in [0, 0.05) is 23.4 Å². The van der Waals surface area contributed by atoms with Crippen LogP contribution in [-0.2, 0) is 4.79 Å². The van der Waals surface area contributed by atoms with Crippen molar-refractivity contribution in [1.29, 1.82) is 0 Å². The number of fused-ring (bicyclic) bond motifs is 3. The lowest BCUT2D eigenvalue weighted by Crippen LogP contribution is -2.37. The Balaban J connectivity index is 1.51. The van der Waals surface area contributed by atoms with Gasteiger partial charge in [0.05, 0.1) is 18.8 Å². The summed E-state index contributed by atoms with van der Waals surface area (Å²) >= 11 is 0. The maximum atomic E-state index is 14.1. The van der Waals surface area contributed by atoms with Crippen LogP contribution in [0.1, 0.15) is 59.8 Å². The highest BCUT2D eigenvalue weighted by Gasteiger charge is 2.44. The standard InChI is InChI=1S/C34H35N5O3/c1-20-11-14-24(17-21(20)2)36-33(41)29-31(35-23-9-7-6-8-10-23)38-39-26-18-34(3,4)19-27(40)28(26)30(37-32(29)39)22-12-15-25(42-5)16-13-22/h6-17,26,37H,18-19H2,1-5H3,(H,35,38)(H,36,41). The van der Waals surface area contributed by atoms with Gasteiger partial charge >= 0.3 is 0 Å². The van der Waals surface area contributed by atoms with E-state index in [9.17, 15) is 9.59 Å². The second kappa shape index (κ2) is 10.5. The molecule has 0 spiro atoms. The molecule has 4 aromatic rings. The van der Waals surface area contributed by atoms with Crippen molar-refractivity contribution >= 4 is 40.4 Å². The molecule has 1 fully saturated rings. The quantitative estimate of drug-likeness (QED) is 0.229. The summed E-state index contributed by atoms with van der Waals surface area (Å²) in [7, 11) is 1.62. The van der Waals surface area contributed by atoms with Crippen molar-refractivity contribution in [2.24, 2.45) is 5.41 Å². The Morgan fingerprint density at radius 1 is 1.00 bits per heavy atom. The van der Waals surface area contributed by atoms with Gasteiger partial charge in [0.25, 0.3) is 5.91 Å². The van der Waals surface area contributed by atoms with Crippen LogP contribution < -0.4 is 20.7 Å². The summed E-state index contributed by atoms with van der Waals surface area (Å²) in [6, 6.07) is 22.8. The number of methoxy groups -OCH3 is 1. The van der Waals surface area contributed by atoms with Crippen LogP contribution in [0.3, 0.4) is 0 Å². The molecular formula is C34H35N5O3. The van der Waals surface area contributed by atoms with E-state index in [0.717, 1.165) is 28.1 Å². The highest BCUT2D eigenvalue weighted by molar-refractivity contribution is 6.14. The first-order chi connectivity index (χ1) is 20.1. The van der Waals surface area contributed by atoms with Crippen molar-refractivity contribution in [3.8, 4) is 5.75 Å². The number of nitrogens with zero attached hydrogens (tertiary/aromatic N) is 2. The summed E-state index contributed by atoms with van der Waals surface area (Å²) in [4.78, 5) is 27.8. The molecule has 1 amide bonds. The van der Waals surface area contributed by atoms with E-state index in [0.29, 0.717) is 47.0 Å². The number of anilines is 4. The van der Waals surface area contributed by atoms with Gasteiger partial charge in [0.2, 0.25) is 0 Å². The third-order valence-corrected chi connectivity index (χ3v) is 8.14. The van der Waals surface area contributed by atoms with Crippen molar-refractivity contribution in [3.63, 3.8) is 0 Å². The second-order valence-corrected chi connectivity index (χ2v) is 11.9. The molecule has 42 heavy (non-hydrogen) atoms. The van der Waals surface area contributed by atoms with E-state index in [1.54, 1.807) is 7.11 Å². The molecule has 2 heterocycles. The number of benzene rings is 3. The Morgan fingerprint density at radius 2 is 1.74 bits per heavy atom. The van der Waals surface area contributed by atoms with Crippen LogP contribution in [0, 0.1) is 19.3 Å². The van der Waals surface area contributed by atoms with Gasteiger partial charge in [0.1, 0.15) is 17.1 Å². The second-order valence-electron chi connectivity index (χ2n) is 11.9. The molecule has 1 unspecified atom stereocenters. The van der Waals surface area contributed by atoms with Gasteiger partial charge in [-0.3, -0.25) is 9.59 Å². The third-order valence-electron chi connectivity index (χ3n) is 8.14. The van der Waals surface area contributed by atoms with E-state index in [2.05, 4.69) is 29.8 Å². The first-order valence-corrected chi connectivity index (χ1v) is 14.2. The number of Topliss-reactive ketones (excluding diaryl/α,β-unsaturated/α-hetero) is 1. The van der Waals surface area contributed by atoms with Gasteiger partial charge in [0.15, 0.2) is 11.6 Å². The number of ketones is 1. The highest BCUT2D eigenvalue weighted by atomic mass is 16.5. The average Bonchev–Trinajstić information content (AvgIpc) is 3.32. The maximum absolute atomic E-state index is 14.1. The Hall–Kier alpha value is -4.85. The van der Waals surface area contributed by atoms with Crippen LogP contribution in [0.2, 0.25) is 0 Å². The molecule has 8 heteroatoms. The number of hydrogen-bond acceptors (Lipinski definition) is 6. The molecule has 6 rings (SSSR count). The molecule has 8 nitrogen and oxygen atoms in total. The molecule has 3 N–H and O–H groups in total. The van der Waals surface area contributed by atoms with Gasteiger partial charge < -0.3 is 20.7 Å². The molecular weight excluding hydrogens is 526 g/mol. The first-order valence-electron chi connectivity index (χ1n) is 14.2. The number of allylic oxidation sites excluding steroid dienone is 1. The number of hydrogen-bond donors (Lipinski definition) is 3. The highest BCUT2D eigenvalue weighted by Crippen LogP contribution is 2.49. The molecule has 1 aromatic heterocycles. The number of para-hydroxylation sites is 1. The molecule has 0 radical (unpaired) electrons. The fourth-order valence-electron chi connectivity index (χ4n) is 5.85. The van der Waals surface area contributed by atoms with Crippen LogP contribution >= 0.6 is 0 Å². The largest absolute Gasteiger partial charge is 0.497 e. The molecule has 1 aliphatic heterocycles. The lowest BCUT2D eigenvalue weighted by Gasteiger charge is -2.40. The minimum absolute atomic E-state index is 0.0782. The average molecular weight is 562 g/mol. The van der Waals surface area contributed by atoms with Gasteiger partial charge in [-0.25, -0.2) is 4.68 Å². The van der Waals surface area contributed by atoms with Crippen molar-refractivity contribution in [3.05, 3.63) is 101 Å². The monoisotopic (exact) mass is 561 g/mol. The van der Waals surface area contributed by atoms with Crippen LogP contribution in [0.15, 0.2) is 78.4 Å². The van der Waals surface area contributed by atoms with Crippen LogP contribution in [0.5, 0.6) is 5.75 Å². The van der Waals surface area contributed by atoms with Crippen LogP contribution in [-0.4, -0.2) is 28.6 Å². The minimum atomic E-state index is -0.339. The van der Waals surface area contributed by atoms with Crippen molar-refractivity contribution in [2.75, 3.05) is 23.1 Å². The Kier molecular flexibility index (Phi) is 6.85. The predicted molar refractivity (Wildman–Crippen MR) is 166 cm³/mol. The maximum Gasteiger partial charge on any atom is 0.263 e. The predicted octanol–water partition coefficient (Wildman–Crippen LogP) is 7.27. The molecule has 2 aliphatic rings. The van der Waals surface area contributed by atoms with Crippen molar-refractivity contribution in [1.82, 2.24) is 9.78 Å². The number of carbonyl (C=O) groups excluding carboxylic acids is 2. The zero-order valence-corrected chi connectivity index (χ0v) is 24.5. The van der Waals surface area contributed by atoms with Crippen molar-refractivity contribution in [2.45, 2.75) is 46.6 Å². The fourth-order valence-corrected chi connectivity index (χ4v) is 5.85. The summed E-state index contributed by atoms with van der Waals surface area (Å²) in [5, 5.41) is 14.9. The molecule has 0 bridgehead atoms. The summed E-state index contributed by atoms with van der Waals surface area (Å²) in [5.41, 5.74) is 6.10. The normalized spacial score (nSPS) is 17.2. The molecule has 3 aromatic carbocycles. The number of aromatic nitrogens is 2. The van der Waals surface area contributed by atoms with Crippen LogP contribution in [0.4, 0.5) is 23.0 Å². The molecule has 0 saturated heterocycles. The van der Waals surface area contributed by atoms with E-state index in [4.69, 9.17) is 9.84 Å². The summed E-state index contributed by atoms with van der Waals surface area (Å²) in [5.74, 6) is 1.45. The number of nitrogens with one attached hydrogen (secondary N) is 3. The van der Waals surface area contributed by atoms with Crippen molar-refractivity contribution < 1.29 is 14.3 Å².